The lowest BCUT2D eigenvalue weighted by Gasteiger charge is -1.98. The summed E-state index contributed by atoms with van der Waals surface area (Å²) in [7, 11) is 0. The molecule has 0 spiro atoms. The molecule has 0 unspecified atom stereocenters. The van der Waals surface area contributed by atoms with Gasteiger partial charge in [-0.05, 0) is 42.5 Å². The monoisotopic (exact) mass is 338 g/mol. The average Bonchev–Trinajstić information content (AvgIpc) is 2.97. The summed E-state index contributed by atoms with van der Waals surface area (Å²) < 4.78 is 18.0. The van der Waals surface area contributed by atoms with Crippen LogP contribution in [0.4, 0.5) is 10.1 Å². The highest BCUT2D eigenvalue weighted by atomic mass is 19.1. The number of cyclic esters (lactones) is 1. The van der Waals surface area contributed by atoms with Crippen molar-refractivity contribution in [1.29, 1.82) is 0 Å². The molecule has 1 aliphatic rings. The lowest BCUT2D eigenvalue weighted by Crippen LogP contribution is -2.05. The zero-order valence-corrected chi connectivity index (χ0v) is 12.8. The molecule has 1 aliphatic heterocycles. The van der Waals surface area contributed by atoms with E-state index in [9.17, 15) is 19.3 Å². The Morgan fingerprint density at radius 2 is 1.84 bits per heavy atom. The van der Waals surface area contributed by atoms with Crippen molar-refractivity contribution >= 4 is 23.6 Å². The minimum atomic E-state index is -0.647. The molecule has 0 amide bonds. The van der Waals surface area contributed by atoms with Crippen LogP contribution in [0.15, 0.2) is 71.4 Å². The maximum atomic E-state index is 12.9. The second kappa shape index (κ2) is 6.88. The fourth-order valence-electron chi connectivity index (χ4n) is 2.18. The van der Waals surface area contributed by atoms with Crippen LogP contribution in [0.1, 0.15) is 11.1 Å². The minimum Gasteiger partial charge on any atom is -0.402 e. The number of aliphatic imine (C=N–C) groups is 1. The average molecular weight is 338 g/mol. The van der Waals surface area contributed by atoms with E-state index < -0.39 is 16.7 Å². The summed E-state index contributed by atoms with van der Waals surface area (Å²) in [6.07, 6.45) is 4.38. The predicted molar refractivity (Wildman–Crippen MR) is 89.2 cm³/mol. The number of halogens is 1. The summed E-state index contributed by atoms with van der Waals surface area (Å²) in [6, 6.07) is 11.6. The number of nitro groups is 1. The lowest BCUT2D eigenvalue weighted by atomic mass is 10.1. The van der Waals surface area contributed by atoms with Gasteiger partial charge in [0.1, 0.15) is 5.82 Å². The van der Waals surface area contributed by atoms with Gasteiger partial charge in [-0.25, -0.2) is 14.2 Å². The van der Waals surface area contributed by atoms with E-state index in [4.69, 9.17) is 4.74 Å². The van der Waals surface area contributed by atoms with Gasteiger partial charge in [0.25, 0.3) is 5.69 Å². The number of para-hydroxylation sites is 1. The van der Waals surface area contributed by atoms with Gasteiger partial charge in [0.05, 0.1) is 10.5 Å². The first-order chi connectivity index (χ1) is 12.0. The van der Waals surface area contributed by atoms with Crippen molar-refractivity contribution in [1.82, 2.24) is 0 Å². The number of allylic oxidation sites excluding steroid dienone is 2. The summed E-state index contributed by atoms with van der Waals surface area (Å²) >= 11 is 0. The molecule has 124 valence electrons. The molecule has 7 heteroatoms. The lowest BCUT2D eigenvalue weighted by molar-refractivity contribution is -0.385. The molecule has 0 saturated carbocycles. The van der Waals surface area contributed by atoms with Crippen LogP contribution in [-0.4, -0.2) is 16.8 Å². The number of hydrogen-bond acceptors (Lipinski definition) is 5. The zero-order chi connectivity index (χ0) is 17.8. The van der Waals surface area contributed by atoms with Crippen LogP contribution in [0.2, 0.25) is 0 Å². The zero-order valence-electron chi connectivity index (χ0n) is 12.8. The van der Waals surface area contributed by atoms with E-state index in [0.717, 1.165) is 0 Å². The maximum Gasteiger partial charge on any atom is 0.363 e. The molecule has 2 aromatic rings. The van der Waals surface area contributed by atoms with Crippen LogP contribution in [-0.2, 0) is 9.53 Å². The predicted octanol–water partition coefficient (Wildman–Crippen LogP) is 3.63. The van der Waals surface area contributed by atoms with E-state index in [1.165, 1.54) is 48.6 Å². The van der Waals surface area contributed by atoms with Crippen molar-refractivity contribution < 1.29 is 18.8 Å². The number of ether oxygens (including phenoxy) is 1. The highest BCUT2D eigenvalue weighted by molar-refractivity contribution is 6.11. The summed E-state index contributed by atoms with van der Waals surface area (Å²) in [5.74, 6) is -0.973. The van der Waals surface area contributed by atoms with Gasteiger partial charge < -0.3 is 4.74 Å². The quantitative estimate of drug-likeness (QED) is 0.369. The molecule has 3 rings (SSSR count). The molecular weight excluding hydrogens is 327 g/mol. The van der Waals surface area contributed by atoms with E-state index in [2.05, 4.69) is 4.99 Å². The van der Waals surface area contributed by atoms with E-state index in [1.54, 1.807) is 18.2 Å². The van der Waals surface area contributed by atoms with Crippen molar-refractivity contribution in [3.63, 3.8) is 0 Å². The van der Waals surface area contributed by atoms with E-state index in [-0.39, 0.29) is 17.3 Å². The van der Waals surface area contributed by atoms with Gasteiger partial charge in [-0.3, -0.25) is 10.1 Å². The van der Waals surface area contributed by atoms with Crippen LogP contribution < -0.4 is 0 Å². The summed E-state index contributed by atoms with van der Waals surface area (Å²) in [5.41, 5.74) is 0.884. The van der Waals surface area contributed by atoms with Gasteiger partial charge in [-0.1, -0.05) is 18.2 Å². The number of hydrogen-bond donors (Lipinski definition) is 0. The van der Waals surface area contributed by atoms with Gasteiger partial charge >= 0.3 is 5.97 Å². The fraction of sp³-hybridized carbons (Fsp3) is 0. The minimum absolute atomic E-state index is 0.0401. The SMILES string of the molecule is O=C1OC(c2ccc(F)cc2)=NC1=CC=Cc1ccccc1[N+](=O)[O-]. The van der Waals surface area contributed by atoms with E-state index >= 15 is 0 Å². The number of esters is 1. The molecular formula is C18H11FN2O4. The molecule has 6 nitrogen and oxygen atoms in total. The smallest absolute Gasteiger partial charge is 0.363 e. The van der Waals surface area contributed by atoms with Crippen LogP contribution in [0, 0.1) is 15.9 Å². The largest absolute Gasteiger partial charge is 0.402 e. The number of nitrogens with zero attached hydrogens (tertiary/aromatic N) is 2. The van der Waals surface area contributed by atoms with Crippen LogP contribution in [0.5, 0.6) is 0 Å². The molecule has 0 N–H and O–H groups in total. The molecule has 1 heterocycles. The van der Waals surface area contributed by atoms with Crippen LogP contribution >= 0.6 is 0 Å². The van der Waals surface area contributed by atoms with Crippen molar-refractivity contribution in [2.24, 2.45) is 4.99 Å². The maximum absolute atomic E-state index is 12.9. The Morgan fingerprint density at radius 1 is 1.12 bits per heavy atom. The van der Waals surface area contributed by atoms with Crippen molar-refractivity contribution in [2.45, 2.75) is 0 Å². The van der Waals surface area contributed by atoms with Gasteiger partial charge in [0, 0.05) is 11.6 Å². The normalized spacial score (nSPS) is 15.5. The molecule has 0 atom stereocenters. The second-order valence-electron chi connectivity index (χ2n) is 5.04. The highest BCUT2D eigenvalue weighted by Crippen LogP contribution is 2.20. The Labute approximate surface area is 141 Å². The number of rotatable bonds is 4. The summed E-state index contributed by atoms with van der Waals surface area (Å²) in [6.45, 7) is 0. The molecule has 0 fully saturated rings. The first kappa shape index (κ1) is 16.3. The second-order valence-corrected chi connectivity index (χ2v) is 5.04. The summed E-state index contributed by atoms with van der Waals surface area (Å²) in [4.78, 5) is 26.3. The Kier molecular flexibility index (Phi) is 4.47. The third-order valence-corrected chi connectivity index (χ3v) is 3.38. The standard InChI is InChI=1S/C18H11FN2O4/c19-14-10-8-13(9-11-14)17-20-15(18(22)25-17)6-3-5-12-4-1-2-7-16(12)21(23)24/h1-11H. The molecule has 0 aliphatic carbocycles. The van der Waals surface area contributed by atoms with Gasteiger partial charge in [0.2, 0.25) is 5.90 Å². The molecule has 0 saturated heterocycles. The Balaban J connectivity index is 1.83. The first-order valence-corrected chi connectivity index (χ1v) is 7.23. The van der Waals surface area contributed by atoms with Gasteiger partial charge in [-0.15, -0.1) is 0 Å². The Bertz CT molecular complexity index is 930. The summed E-state index contributed by atoms with van der Waals surface area (Å²) in [5, 5.41) is 11.0. The number of carbonyl (C=O) groups is 1. The van der Waals surface area contributed by atoms with Crippen LogP contribution in [0.3, 0.4) is 0 Å². The first-order valence-electron chi connectivity index (χ1n) is 7.23. The Morgan fingerprint density at radius 3 is 2.56 bits per heavy atom. The fourth-order valence-corrected chi connectivity index (χ4v) is 2.18. The molecule has 0 bridgehead atoms. The Hall–Kier alpha value is -3.61. The third-order valence-electron chi connectivity index (χ3n) is 3.38. The van der Waals surface area contributed by atoms with Crippen molar-refractivity contribution in [2.75, 3.05) is 0 Å². The van der Waals surface area contributed by atoms with Gasteiger partial charge in [0.15, 0.2) is 5.70 Å². The topological polar surface area (TPSA) is 81.8 Å². The number of benzene rings is 2. The number of nitro benzene ring substituents is 1. The van der Waals surface area contributed by atoms with Crippen LogP contribution in [0.25, 0.3) is 6.08 Å². The molecule has 25 heavy (non-hydrogen) atoms. The molecule has 0 radical (unpaired) electrons. The van der Waals surface area contributed by atoms with Gasteiger partial charge in [-0.2, -0.15) is 0 Å². The van der Waals surface area contributed by atoms with Crippen molar-refractivity contribution in [3.8, 4) is 0 Å². The molecule has 2 aromatic carbocycles. The van der Waals surface area contributed by atoms with E-state index in [1.807, 2.05) is 0 Å². The molecule has 0 aromatic heterocycles. The number of carbonyl (C=O) groups excluding carboxylic acids is 1. The van der Waals surface area contributed by atoms with Crippen molar-refractivity contribution in [3.05, 3.63) is 93.4 Å². The third kappa shape index (κ3) is 3.66. The van der Waals surface area contributed by atoms with E-state index in [0.29, 0.717) is 11.1 Å². The highest BCUT2D eigenvalue weighted by Gasteiger charge is 2.23.